The number of aliphatic hydroxyl groups excluding tert-OH is 1. The van der Waals surface area contributed by atoms with E-state index in [1.807, 2.05) is 12.1 Å². The standard InChI is InChI=1S/C21H24Cl2N6O2/c1-28-20(23)17(9-25-28)27-21-24-8-13-6-15(22)14(7-16(13)26-21)12-2-4-29(5-3-12)18-10-31-11-19(18)30/h6-9,12,18-19,30H,2-5,10-11H2,1H3,(H,24,26,27)/t18-,19+/m0/s1/i1D3. The number of piperidine rings is 1. The topological polar surface area (TPSA) is 88.3 Å². The fourth-order valence-electron chi connectivity index (χ4n) is 4.40. The number of nitrogens with one attached hydrogen (secondary N) is 1. The molecule has 5 rings (SSSR count). The van der Waals surface area contributed by atoms with Gasteiger partial charge in [0.15, 0.2) is 0 Å². The lowest BCUT2D eigenvalue weighted by Gasteiger charge is -2.36. The summed E-state index contributed by atoms with van der Waals surface area (Å²) in [5, 5.41) is 18.3. The van der Waals surface area contributed by atoms with Gasteiger partial charge in [0.25, 0.3) is 0 Å². The van der Waals surface area contributed by atoms with Gasteiger partial charge in [-0.25, -0.2) is 9.97 Å². The number of aromatic nitrogens is 4. The number of hydrogen-bond acceptors (Lipinski definition) is 7. The molecule has 1 aromatic carbocycles. The maximum Gasteiger partial charge on any atom is 0.227 e. The minimum atomic E-state index is -2.48. The van der Waals surface area contributed by atoms with E-state index in [0.717, 1.165) is 47.1 Å². The average Bonchev–Trinajstić information content (AvgIpc) is 3.39. The van der Waals surface area contributed by atoms with E-state index in [2.05, 4.69) is 25.3 Å². The Morgan fingerprint density at radius 2 is 2.06 bits per heavy atom. The molecule has 31 heavy (non-hydrogen) atoms. The van der Waals surface area contributed by atoms with Crippen molar-refractivity contribution in [1.82, 2.24) is 24.6 Å². The van der Waals surface area contributed by atoms with Gasteiger partial charge < -0.3 is 15.2 Å². The van der Waals surface area contributed by atoms with Gasteiger partial charge in [0.1, 0.15) is 5.15 Å². The molecule has 0 aliphatic carbocycles. The highest BCUT2D eigenvalue weighted by molar-refractivity contribution is 6.32. The van der Waals surface area contributed by atoms with E-state index in [1.165, 1.54) is 6.20 Å². The normalized spacial score (nSPS) is 24.8. The van der Waals surface area contributed by atoms with E-state index >= 15 is 0 Å². The van der Waals surface area contributed by atoms with Gasteiger partial charge in [-0.2, -0.15) is 5.10 Å². The van der Waals surface area contributed by atoms with Gasteiger partial charge >= 0.3 is 0 Å². The lowest BCUT2D eigenvalue weighted by atomic mass is 9.88. The van der Waals surface area contributed by atoms with E-state index in [0.29, 0.717) is 23.9 Å². The summed E-state index contributed by atoms with van der Waals surface area (Å²) < 4.78 is 28.6. The summed E-state index contributed by atoms with van der Waals surface area (Å²) in [6, 6.07) is 3.93. The lowest BCUT2D eigenvalue weighted by molar-refractivity contribution is 0.0663. The molecular weight excluding hydrogens is 439 g/mol. The molecule has 8 nitrogen and oxygen atoms in total. The molecule has 3 aromatic rings. The van der Waals surface area contributed by atoms with E-state index in [-0.39, 0.29) is 23.1 Å². The predicted octanol–water partition coefficient (Wildman–Crippen LogP) is 3.35. The van der Waals surface area contributed by atoms with Crippen LogP contribution in [-0.2, 0) is 11.7 Å². The minimum absolute atomic E-state index is 0.0509. The Balaban J connectivity index is 1.35. The van der Waals surface area contributed by atoms with Crippen molar-refractivity contribution in [3.05, 3.63) is 40.3 Å². The van der Waals surface area contributed by atoms with Crippen molar-refractivity contribution >= 4 is 45.7 Å². The fourth-order valence-corrected chi connectivity index (χ4v) is 4.87. The van der Waals surface area contributed by atoms with E-state index < -0.39 is 13.1 Å². The minimum Gasteiger partial charge on any atom is -0.389 e. The van der Waals surface area contributed by atoms with Crippen LogP contribution in [0.4, 0.5) is 11.6 Å². The largest absolute Gasteiger partial charge is 0.389 e. The summed E-state index contributed by atoms with van der Waals surface area (Å²) in [6.45, 7) is 0.231. The number of ether oxygens (including phenoxy) is 1. The molecule has 2 aliphatic heterocycles. The van der Waals surface area contributed by atoms with E-state index in [1.54, 1.807) is 6.20 Å². The first-order valence-electron chi connectivity index (χ1n) is 11.7. The van der Waals surface area contributed by atoms with Gasteiger partial charge in [0, 0.05) is 27.7 Å². The average molecular weight is 466 g/mol. The highest BCUT2D eigenvalue weighted by Crippen LogP contribution is 2.36. The molecule has 164 valence electrons. The molecule has 2 fully saturated rings. The van der Waals surface area contributed by atoms with Crippen molar-refractivity contribution in [3.63, 3.8) is 0 Å². The first-order valence-corrected chi connectivity index (χ1v) is 10.9. The quantitative estimate of drug-likeness (QED) is 0.610. The number of benzene rings is 1. The molecule has 0 saturated carbocycles. The van der Waals surface area contributed by atoms with Crippen LogP contribution in [-0.4, -0.2) is 68.2 Å². The van der Waals surface area contributed by atoms with Crippen LogP contribution >= 0.6 is 23.2 Å². The fraction of sp³-hybridized carbons (Fsp3) is 0.476. The molecule has 0 bridgehead atoms. The summed E-state index contributed by atoms with van der Waals surface area (Å²) in [4.78, 5) is 11.2. The van der Waals surface area contributed by atoms with Crippen LogP contribution in [0.2, 0.25) is 10.2 Å². The molecule has 0 amide bonds. The third-order valence-electron chi connectivity index (χ3n) is 6.12. The zero-order valence-corrected chi connectivity index (χ0v) is 18.1. The molecule has 2 N–H and O–H groups in total. The second-order valence-electron chi connectivity index (χ2n) is 7.99. The molecule has 4 heterocycles. The Bertz CT molecular complexity index is 1200. The maximum absolute atomic E-state index is 10.1. The summed E-state index contributed by atoms with van der Waals surface area (Å²) in [5.41, 5.74) is 2.06. The molecule has 2 atom stereocenters. The highest BCUT2D eigenvalue weighted by Gasteiger charge is 2.34. The van der Waals surface area contributed by atoms with E-state index in [9.17, 15) is 5.11 Å². The zero-order chi connectivity index (χ0) is 24.0. The van der Waals surface area contributed by atoms with Gasteiger partial charge in [0.2, 0.25) is 5.95 Å². The van der Waals surface area contributed by atoms with Gasteiger partial charge in [-0.3, -0.25) is 9.58 Å². The summed E-state index contributed by atoms with van der Waals surface area (Å²) in [7, 11) is 0. The van der Waals surface area contributed by atoms with Gasteiger partial charge in [0.05, 0.1) is 42.8 Å². The van der Waals surface area contributed by atoms with Crippen LogP contribution in [0.3, 0.4) is 0 Å². The first-order chi connectivity index (χ1) is 16.2. The smallest absolute Gasteiger partial charge is 0.227 e. The second kappa shape index (κ2) is 8.52. The van der Waals surface area contributed by atoms with Gasteiger partial charge in [-0.1, -0.05) is 23.2 Å². The number of hydrogen-bond donors (Lipinski definition) is 2. The third-order valence-corrected chi connectivity index (χ3v) is 6.81. The number of rotatable bonds is 4. The Morgan fingerprint density at radius 1 is 1.23 bits per heavy atom. The Morgan fingerprint density at radius 3 is 2.77 bits per heavy atom. The Hall–Kier alpha value is -1.97. The molecule has 0 spiro atoms. The lowest BCUT2D eigenvalue weighted by Crippen LogP contribution is -2.46. The molecule has 2 aliphatic rings. The van der Waals surface area contributed by atoms with E-state index in [4.69, 9.17) is 32.1 Å². The number of aryl methyl sites for hydroxylation is 1. The summed E-state index contributed by atoms with van der Waals surface area (Å²) in [5.74, 6) is 0.559. The van der Waals surface area contributed by atoms with Crippen LogP contribution in [0.5, 0.6) is 0 Å². The monoisotopic (exact) mass is 465 g/mol. The zero-order valence-electron chi connectivity index (χ0n) is 19.6. The van der Waals surface area contributed by atoms with Crippen molar-refractivity contribution in [2.24, 2.45) is 6.98 Å². The van der Waals surface area contributed by atoms with Crippen LogP contribution in [0, 0.1) is 0 Å². The van der Waals surface area contributed by atoms with Crippen molar-refractivity contribution < 1.29 is 14.0 Å². The number of halogens is 2. The maximum atomic E-state index is 10.1. The van der Waals surface area contributed by atoms with Crippen molar-refractivity contribution in [2.45, 2.75) is 30.9 Å². The van der Waals surface area contributed by atoms with Crippen LogP contribution in [0.25, 0.3) is 10.9 Å². The summed E-state index contributed by atoms with van der Waals surface area (Å²) >= 11 is 12.8. The van der Waals surface area contributed by atoms with Gasteiger partial charge in [-0.05, 0) is 49.5 Å². The number of aliphatic hydroxyl groups is 1. The van der Waals surface area contributed by atoms with Gasteiger partial charge in [-0.15, -0.1) is 0 Å². The Kier molecular flexibility index (Phi) is 4.83. The summed E-state index contributed by atoms with van der Waals surface area (Å²) in [6.07, 6.45) is 4.41. The second-order valence-corrected chi connectivity index (χ2v) is 8.76. The van der Waals surface area contributed by atoms with Crippen molar-refractivity contribution in [2.75, 3.05) is 31.6 Å². The molecule has 2 aromatic heterocycles. The molecule has 10 heteroatoms. The predicted molar refractivity (Wildman–Crippen MR) is 120 cm³/mol. The SMILES string of the molecule is [2H]C([2H])([2H])n1ncc(Nc2ncc3cc(Cl)c(C4CCN([C@H]5COC[C@H]5O)CC4)cc3n2)c1Cl. The van der Waals surface area contributed by atoms with Crippen molar-refractivity contribution in [3.8, 4) is 0 Å². The first kappa shape index (κ1) is 17.6. The molecule has 0 unspecified atom stereocenters. The number of fused-ring (bicyclic) bond motifs is 1. The Labute approximate surface area is 194 Å². The van der Waals surface area contributed by atoms with Crippen LogP contribution < -0.4 is 5.32 Å². The molecule has 2 saturated heterocycles. The molecule has 0 radical (unpaired) electrons. The van der Waals surface area contributed by atoms with Crippen LogP contribution in [0.15, 0.2) is 24.5 Å². The highest BCUT2D eigenvalue weighted by atomic mass is 35.5. The van der Waals surface area contributed by atoms with Crippen molar-refractivity contribution in [1.29, 1.82) is 0 Å². The van der Waals surface area contributed by atoms with Crippen LogP contribution in [0.1, 0.15) is 28.4 Å². The number of anilines is 2. The number of nitrogens with zero attached hydrogens (tertiary/aromatic N) is 5. The third kappa shape index (κ3) is 4.10. The molecular formula is C21H24Cl2N6O2. The number of likely N-dealkylation sites (tertiary alicyclic amines) is 1.